The molecule has 0 aliphatic rings. The van der Waals surface area contributed by atoms with Crippen LogP contribution in [0.15, 0.2) is 59.8 Å². The zero-order valence-corrected chi connectivity index (χ0v) is 20.6. The van der Waals surface area contributed by atoms with E-state index in [1.165, 1.54) is 24.5 Å². The molecular weight excluding hydrogens is 526 g/mol. The maximum absolute atomic E-state index is 15.4. The summed E-state index contributed by atoms with van der Waals surface area (Å²) in [7, 11) is -3.23. The van der Waals surface area contributed by atoms with Gasteiger partial charge in [0.1, 0.15) is 28.0 Å². The molecular formula is C25H19F4N5O3S. The summed E-state index contributed by atoms with van der Waals surface area (Å²) in [5.41, 5.74) is -0.621. The van der Waals surface area contributed by atoms with Gasteiger partial charge in [-0.25, -0.2) is 31.0 Å². The van der Waals surface area contributed by atoms with E-state index < -0.39 is 55.2 Å². The number of nitrogens with zero attached hydrogens (tertiary/aromatic N) is 1. The highest BCUT2D eigenvalue weighted by molar-refractivity contribution is 7.92. The van der Waals surface area contributed by atoms with E-state index in [1.54, 1.807) is 18.7 Å². The minimum absolute atomic E-state index is 0.162. The molecule has 0 unspecified atom stereocenters. The molecule has 4 rings (SSSR count). The summed E-state index contributed by atoms with van der Waals surface area (Å²) in [5, 5.41) is 10.8. The van der Waals surface area contributed by atoms with Gasteiger partial charge in [-0.3, -0.25) is 9.52 Å². The van der Waals surface area contributed by atoms with Crippen LogP contribution in [0.3, 0.4) is 0 Å². The summed E-state index contributed by atoms with van der Waals surface area (Å²) in [4.78, 5) is 19.2. The minimum Gasteiger partial charge on any atom is -0.388 e. The summed E-state index contributed by atoms with van der Waals surface area (Å²) < 4.78 is 84.6. The number of pyridine rings is 1. The average molecular weight is 546 g/mol. The third kappa shape index (κ3) is 5.00. The van der Waals surface area contributed by atoms with Gasteiger partial charge in [0.15, 0.2) is 5.82 Å². The van der Waals surface area contributed by atoms with Crippen molar-refractivity contribution in [3.63, 3.8) is 0 Å². The van der Waals surface area contributed by atoms with Crippen LogP contribution in [-0.4, -0.2) is 36.9 Å². The number of hydrogen-bond donors (Lipinski definition) is 4. The number of carbonyl (C=O) groups excluding carboxylic acids is 1. The van der Waals surface area contributed by atoms with Gasteiger partial charge in [0.2, 0.25) is 5.78 Å². The van der Waals surface area contributed by atoms with Gasteiger partial charge in [0.05, 0.1) is 11.3 Å². The molecule has 0 saturated carbocycles. The summed E-state index contributed by atoms with van der Waals surface area (Å²) in [5.74, 6) is -6.30. The molecule has 0 radical (unpaired) electrons. The lowest BCUT2D eigenvalue weighted by molar-refractivity contribution is 0.103. The fourth-order valence-corrected chi connectivity index (χ4v) is 4.86. The van der Waals surface area contributed by atoms with Crippen molar-refractivity contribution < 1.29 is 30.8 Å². The highest BCUT2D eigenvalue weighted by Gasteiger charge is 2.27. The number of H-pyrrole nitrogens is 1. The second kappa shape index (κ2) is 10.1. The van der Waals surface area contributed by atoms with Crippen LogP contribution in [-0.2, 0) is 10.0 Å². The number of ketones is 1. The lowest BCUT2D eigenvalue weighted by atomic mass is 10.0. The Kier molecular flexibility index (Phi) is 7.05. The molecule has 4 N–H and O–H groups in total. The third-order valence-corrected chi connectivity index (χ3v) is 6.84. The Morgan fingerprint density at radius 1 is 1.08 bits per heavy atom. The smallest absolute Gasteiger partial charge is 0.265 e. The van der Waals surface area contributed by atoms with Gasteiger partial charge in [0, 0.05) is 47.4 Å². The molecule has 8 nitrogen and oxygen atoms in total. The van der Waals surface area contributed by atoms with E-state index >= 15 is 4.39 Å². The van der Waals surface area contributed by atoms with Gasteiger partial charge in [-0.2, -0.15) is 0 Å². The molecule has 2 aromatic carbocycles. The second-order valence-electron chi connectivity index (χ2n) is 8.11. The molecule has 0 aliphatic carbocycles. The maximum Gasteiger partial charge on any atom is 0.265 e. The van der Waals surface area contributed by atoms with Crippen molar-refractivity contribution in [3.8, 4) is 0 Å². The number of fused-ring (bicyclic) bond motifs is 1. The fourth-order valence-electron chi connectivity index (χ4n) is 3.71. The van der Waals surface area contributed by atoms with Crippen molar-refractivity contribution in [2.24, 2.45) is 0 Å². The zero-order valence-electron chi connectivity index (χ0n) is 19.8. The normalized spacial score (nSPS) is 12.0. The molecule has 0 atom stereocenters. The van der Waals surface area contributed by atoms with E-state index in [1.807, 2.05) is 0 Å². The topological polar surface area (TPSA) is 128 Å². The third-order valence-electron chi connectivity index (χ3n) is 5.46. The van der Waals surface area contributed by atoms with E-state index in [2.05, 4.69) is 15.3 Å². The molecule has 0 amide bonds. The number of carbonyl (C=O) groups is 1. The van der Waals surface area contributed by atoms with Gasteiger partial charge >= 0.3 is 0 Å². The number of allylic oxidation sites excluding steroid dienone is 1. The summed E-state index contributed by atoms with van der Waals surface area (Å²) in [6.07, 6.45) is 4.19. The fraction of sp³-hybridized carbons (Fsp3) is 0.0800. The van der Waals surface area contributed by atoms with Crippen LogP contribution >= 0.6 is 0 Å². The molecule has 0 aliphatic heterocycles. The zero-order chi connectivity index (χ0) is 27.8. The first-order valence-electron chi connectivity index (χ1n) is 10.9. The van der Waals surface area contributed by atoms with Gasteiger partial charge in [-0.1, -0.05) is 0 Å². The predicted molar refractivity (Wildman–Crippen MR) is 133 cm³/mol. The summed E-state index contributed by atoms with van der Waals surface area (Å²) in [6, 6.07) is 4.60. The SMILES string of the molecule is CN/C(=C\C(C)=N)c1cnc2[nH]cc(C(=O)c3c(F)ccc(NS(=O)(=O)c4cc(F)ccc4F)c3F)c2c1. The standard InChI is InChI=1S/C25H19F4N5O3S/c1-12(30)7-20(31-2)13-8-15-16(11-33-25(15)32-10-13)24(35)22-18(28)5-6-19(23(22)29)34-38(36,37)21-9-14(26)3-4-17(21)27/h3-11,30-31,34H,1-2H3,(H,32,33)/b20-7-,30-12?. The molecule has 4 aromatic rings. The van der Waals surface area contributed by atoms with Crippen LogP contribution in [0.2, 0.25) is 0 Å². The Bertz CT molecular complexity index is 1750. The predicted octanol–water partition coefficient (Wildman–Crippen LogP) is 4.75. The molecule has 2 aromatic heterocycles. The van der Waals surface area contributed by atoms with Crippen molar-refractivity contribution in [2.75, 3.05) is 11.8 Å². The van der Waals surface area contributed by atoms with Crippen molar-refractivity contribution >= 4 is 43.9 Å². The van der Waals surface area contributed by atoms with E-state index in [4.69, 9.17) is 5.41 Å². The first-order valence-corrected chi connectivity index (χ1v) is 12.3. The quantitative estimate of drug-likeness (QED) is 0.144. The Morgan fingerprint density at radius 3 is 2.47 bits per heavy atom. The first kappa shape index (κ1) is 26.5. The molecule has 0 saturated heterocycles. The number of rotatable bonds is 8. The minimum atomic E-state index is -4.85. The Labute approximate surface area is 214 Å². The molecule has 38 heavy (non-hydrogen) atoms. The van der Waals surface area contributed by atoms with Crippen molar-refractivity contribution in [1.82, 2.24) is 15.3 Å². The Morgan fingerprint density at radius 2 is 1.79 bits per heavy atom. The number of halogens is 4. The largest absolute Gasteiger partial charge is 0.388 e. The van der Waals surface area contributed by atoms with Crippen molar-refractivity contribution in [2.45, 2.75) is 11.8 Å². The molecule has 0 spiro atoms. The number of aromatic nitrogens is 2. The van der Waals surface area contributed by atoms with Gasteiger partial charge in [0.25, 0.3) is 10.0 Å². The number of nitrogens with one attached hydrogen (secondary N) is 4. The summed E-state index contributed by atoms with van der Waals surface area (Å²) >= 11 is 0. The monoisotopic (exact) mass is 545 g/mol. The second-order valence-corrected chi connectivity index (χ2v) is 9.76. The molecule has 0 fully saturated rings. The Hall–Kier alpha value is -4.52. The highest BCUT2D eigenvalue weighted by atomic mass is 32.2. The van der Waals surface area contributed by atoms with Crippen LogP contribution in [0.1, 0.15) is 28.4 Å². The van der Waals surface area contributed by atoms with Crippen LogP contribution in [0.25, 0.3) is 16.7 Å². The molecule has 2 heterocycles. The molecule has 196 valence electrons. The Balaban J connectivity index is 1.78. The van der Waals surface area contributed by atoms with Crippen molar-refractivity contribution in [1.29, 1.82) is 5.41 Å². The van der Waals surface area contributed by atoms with Crippen molar-refractivity contribution in [3.05, 3.63) is 94.8 Å². The lowest BCUT2D eigenvalue weighted by Crippen LogP contribution is -2.18. The van der Waals surface area contributed by atoms with E-state index in [-0.39, 0.29) is 22.3 Å². The molecule has 0 bridgehead atoms. The van der Waals surface area contributed by atoms with E-state index in [0.29, 0.717) is 35.5 Å². The summed E-state index contributed by atoms with van der Waals surface area (Å²) in [6.45, 7) is 1.56. The van der Waals surface area contributed by atoms with Crippen LogP contribution in [0, 0.1) is 28.7 Å². The maximum atomic E-state index is 15.4. The van der Waals surface area contributed by atoms with Gasteiger partial charge in [-0.15, -0.1) is 0 Å². The number of anilines is 1. The van der Waals surface area contributed by atoms with Crippen LogP contribution < -0.4 is 10.0 Å². The van der Waals surface area contributed by atoms with Gasteiger partial charge in [-0.05, 0) is 49.4 Å². The van der Waals surface area contributed by atoms with E-state index in [9.17, 15) is 26.4 Å². The molecule has 13 heteroatoms. The van der Waals surface area contributed by atoms with E-state index in [0.717, 1.165) is 6.07 Å². The first-order chi connectivity index (χ1) is 17.9. The average Bonchev–Trinajstić information content (AvgIpc) is 3.29. The van der Waals surface area contributed by atoms with Gasteiger partial charge < -0.3 is 15.7 Å². The number of aromatic amines is 1. The highest BCUT2D eigenvalue weighted by Crippen LogP contribution is 2.29. The number of hydrogen-bond acceptors (Lipinski definition) is 6. The van der Waals surface area contributed by atoms with Crippen LogP contribution in [0.4, 0.5) is 23.2 Å². The van der Waals surface area contributed by atoms with Crippen LogP contribution in [0.5, 0.6) is 0 Å². The lowest BCUT2D eigenvalue weighted by Gasteiger charge is -2.12. The number of sulfonamides is 1. The number of benzene rings is 2.